The number of carbonyl (C=O) groups is 1. The van der Waals surface area contributed by atoms with Crippen molar-refractivity contribution < 1.29 is 14.6 Å². The monoisotopic (exact) mass is 544 g/mol. The van der Waals surface area contributed by atoms with E-state index >= 15 is 0 Å². The first kappa shape index (κ1) is 26.4. The van der Waals surface area contributed by atoms with Crippen molar-refractivity contribution in [1.29, 1.82) is 0 Å². The number of hydrogen-bond donors (Lipinski definition) is 1. The molecular formula is C35H32N2O4. The zero-order chi connectivity index (χ0) is 28.2. The molecule has 0 radical (unpaired) electrons. The van der Waals surface area contributed by atoms with Crippen LogP contribution in [0.3, 0.4) is 0 Å². The molecule has 1 N–H and O–H groups in total. The third kappa shape index (κ3) is 5.33. The first-order valence-corrected chi connectivity index (χ1v) is 14.1. The fourth-order valence-corrected chi connectivity index (χ4v) is 6.09. The van der Waals surface area contributed by atoms with E-state index in [-0.39, 0.29) is 18.2 Å². The number of carboxylic acids is 1. The van der Waals surface area contributed by atoms with Crippen LogP contribution < -0.4 is 10.4 Å². The van der Waals surface area contributed by atoms with Crippen molar-refractivity contribution in [2.75, 3.05) is 6.61 Å². The lowest BCUT2D eigenvalue weighted by Gasteiger charge is -2.27. The lowest BCUT2D eigenvalue weighted by Crippen LogP contribution is -2.25. The normalized spacial score (nSPS) is 14.4. The summed E-state index contributed by atoms with van der Waals surface area (Å²) in [5, 5.41) is 9.12. The number of fused-ring (bicyclic) bond motifs is 1. The molecule has 1 unspecified atom stereocenters. The predicted molar refractivity (Wildman–Crippen MR) is 161 cm³/mol. The molecule has 0 bridgehead atoms. The van der Waals surface area contributed by atoms with Gasteiger partial charge < -0.3 is 9.84 Å². The van der Waals surface area contributed by atoms with Crippen molar-refractivity contribution >= 4 is 5.97 Å². The van der Waals surface area contributed by atoms with Gasteiger partial charge in [-0.1, -0.05) is 91.0 Å². The molecule has 4 aromatic carbocycles. The van der Waals surface area contributed by atoms with Crippen molar-refractivity contribution in [3.8, 4) is 34.0 Å². The van der Waals surface area contributed by atoms with Crippen molar-refractivity contribution in [2.24, 2.45) is 0 Å². The zero-order valence-electron chi connectivity index (χ0n) is 22.8. The smallest absolute Gasteiger partial charge is 0.341 e. The Labute approximate surface area is 239 Å². The zero-order valence-corrected chi connectivity index (χ0v) is 22.8. The largest absolute Gasteiger partial charge is 0.482 e. The lowest BCUT2D eigenvalue weighted by molar-refractivity contribution is -0.139. The molecule has 5 aromatic rings. The minimum absolute atomic E-state index is 0.0662. The Kier molecular flexibility index (Phi) is 7.54. The van der Waals surface area contributed by atoms with Gasteiger partial charge in [-0.15, -0.1) is 0 Å². The van der Waals surface area contributed by atoms with Gasteiger partial charge >= 0.3 is 11.7 Å². The molecule has 0 saturated heterocycles. The fraction of sp³-hybridized carbons (Fsp3) is 0.200. The number of imidazole rings is 1. The van der Waals surface area contributed by atoms with E-state index < -0.39 is 5.97 Å². The first-order valence-electron chi connectivity index (χ1n) is 14.1. The molecule has 1 aliphatic rings. The minimum Gasteiger partial charge on any atom is -0.482 e. The number of aliphatic carboxylic acids is 1. The van der Waals surface area contributed by atoms with Gasteiger partial charge in [-0.25, -0.2) is 9.59 Å². The van der Waals surface area contributed by atoms with E-state index in [4.69, 9.17) is 9.84 Å². The van der Waals surface area contributed by atoms with Crippen LogP contribution in [0.15, 0.2) is 114 Å². The SMILES string of the molecule is O=C(O)COc1cccc2c1CCCC2CCn1c(-c2ccccc2)c(-c2ccccc2)n(-c2ccccc2)c1=O. The van der Waals surface area contributed by atoms with Gasteiger partial charge in [0.2, 0.25) is 0 Å². The van der Waals surface area contributed by atoms with E-state index in [1.165, 1.54) is 5.56 Å². The van der Waals surface area contributed by atoms with Crippen molar-refractivity contribution in [3.05, 3.63) is 131 Å². The second-order valence-electron chi connectivity index (χ2n) is 10.4. The highest BCUT2D eigenvalue weighted by atomic mass is 16.5. The lowest BCUT2D eigenvalue weighted by atomic mass is 9.80. The van der Waals surface area contributed by atoms with Crippen LogP contribution in [-0.4, -0.2) is 26.8 Å². The average Bonchev–Trinajstić information content (AvgIpc) is 3.31. The average molecular weight is 545 g/mol. The van der Waals surface area contributed by atoms with Crippen molar-refractivity contribution in [1.82, 2.24) is 9.13 Å². The number of carboxylic acid groups (broad SMARTS) is 1. The van der Waals surface area contributed by atoms with Crippen LogP contribution in [0, 0.1) is 0 Å². The Balaban J connectivity index is 1.45. The number of nitrogens with zero attached hydrogens (tertiary/aromatic N) is 2. The van der Waals surface area contributed by atoms with E-state index in [0.29, 0.717) is 12.3 Å². The summed E-state index contributed by atoms with van der Waals surface area (Å²) in [5.41, 5.74) is 6.80. The Hall–Kier alpha value is -4.84. The number of aromatic nitrogens is 2. The number of benzene rings is 4. The molecule has 0 aliphatic heterocycles. The van der Waals surface area contributed by atoms with Crippen molar-refractivity contribution in [2.45, 2.75) is 38.1 Å². The Morgan fingerprint density at radius 1 is 0.805 bits per heavy atom. The van der Waals surface area contributed by atoms with Gasteiger partial charge in [0, 0.05) is 17.7 Å². The Morgan fingerprint density at radius 2 is 1.44 bits per heavy atom. The van der Waals surface area contributed by atoms with Gasteiger partial charge in [-0.3, -0.25) is 9.13 Å². The van der Waals surface area contributed by atoms with Crippen LogP contribution in [0.25, 0.3) is 28.2 Å². The van der Waals surface area contributed by atoms with Crippen LogP contribution in [0.5, 0.6) is 5.75 Å². The van der Waals surface area contributed by atoms with Gasteiger partial charge in [-0.05, 0) is 60.9 Å². The molecule has 206 valence electrons. The Bertz CT molecular complexity index is 1710. The van der Waals surface area contributed by atoms with Gasteiger partial charge in [0.25, 0.3) is 0 Å². The van der Waals surface area contributed by atoms with E-state index in [0.717, 1.165) is 59.4 Å². The fourth-order valence-electron chi connectivity index (χ4n) is 6.09. The van der Waals surface area contributed by atoms with E-state index in [1.54, 1.807) is 0 Å². The third-order valence-corrected chi connectivity index (χ3v) is 7.89. The predicted octanol–water partition coefficient (Wildman–Crippen LogP) is 6.95. The van der Waals surface area contributed by atoms with Gasteiger partial charge in [-0.2, -0.15) is 0 Å². The standard InChI is InChI=1S/C35H32N2O4/c38-32(39)24-41-31-21-11-19-29-25(16-10-20-30(29)31)22-23-36-33(26-12-4-1-5-13-26)34(27-14-6-2-7-15-27)37(35(36)40)28-17-8-3-9-18-28/h1-9,11-15,17-19,21,25H,10,16,20,22-24H2,(H,38,39). The summed E-state index contributed by atoms with van der Waals surface area (Å²) < 4.78 is 9.40. The molecule has 1 atom stereocenters. The highest BCUT2D eigenvalue weighted by molar-refractivity contribution is 5.80. The molecule has 1 aliphatic carbocycles. The highest BCUT2D eigenvalue weighted by Gasteiger charge is 2.27. The molecule has 0 amide bonds. The summed E-state index contributed by atoms with van der Waals surface area (Å²) in [6, 6.07) is 36.0. The molecule has 41 heavy (non-hydrogen) atoms. The summed E-state index contributed by atoms with van der Waals surface area (Å²) in [7, 11) is 0. The molecule has 6 nitrogen and oxygen atoms in total. The van der Waals surface area contributed by atoms with E-state index in [9.17, 15) is 9.59 Å². The first-order chi connectivity index (χ1) is 20.1. The van der Waals surface area contributed by atoms with Crippen LogP contribution in [0.4, 0.5) is 0 Å². The quantitative estimate of drug-likeness (QED) is 0.218. The van der Waals surface area contributed by atoms with Crippen LogP contribution in [-0.2, 0) is 17.8 Å². The third-order valence-electron chi connectivity index (χ3n) is 7.89. The molecule has 6 heteroatoms. The molecule has 1 aromatic heterocycles. The topological polar surface area (TPSA) is 73.5 Å². The minimum atomic E-state index is -0.986. The molecule has 0 spiro atoms. The van der Waals surface area contributed by atoms with E-state index in [1.807, 2.05) is 88.0 Å². The second-order valence-corrected chi connectivity index (χ2v) is 10.4. The summed E-state index contributed by atoms with van der Waals surface area (Å²) in [6.45, 7) is 0.194. The van der Waals surface area contributed by atoms with Crippen molar-refractivity contribution in [3.63, 3.8) is 0 Å². The second kappa shape index (κ2) is 11.7. The summed E-state index contributed by atoms with van der Waals surface area (Å²) >= 11 is 0. The van der Waals surface area contributed by atoms with Gasteiger partial charge in [0.15, 0.2) is 6.61 Å². The Morgan fingerprint density at radius 3 is 2.10 bits per heavy atom. The number of ether oxygens (including phenoxy) is 1. The summed E-state index contributed by atoms with van der Waals surface area (Å²) in [4.78, 5) is 25.4. The van der Waals surface area contributed by atoms with Crippen LogP contribution in [0.2, 0.25) is 0 Å². The van der Waals surface area contributed by atoms with E-state index in [2.05, 4.69) is 30.3 Å². The maximum absolute atomic E-state index is 14.3. The van der Waals surface area contributed by atoms with Gasteiger partial charge in [0.05, 0.1) is 17.1 Å². The van der Waals surface area contributed by atoms with Crippen LogP contribution >= 0.6 is 0 Å². The maximum Gasteiger partial charge on any atom is 0.341 e. The molecule has 0 fully saturated rings. The maximum atomic E-state index is 14.3. The molecular weight excluding hydrogens is 512 g/mol. The highest BCUT2D eigenvalue weighted by Crippen LogP contribution is 2.40. The van der Waals surface area contributed by atoms with Gasteiger partial charge in [0.1, 0.15) is 5.75 Å². The molecule has 0 saturated carbocycles. The summed E-state index contributed by atoms with van der Waals surface area (Å²) in [6.07, 6.45) is 3.64. The summed E-state index contributed by atoms with van der Waals surface area (Å²) in [5.74, 6) is -0.0961. The molecule has 1 heterocycles. The number of para-hydroxylation sites is 1. The molecule has 6 rings (SSSR count). The van der Waals surface area contributed by atoms with Crippen LogP contribution in [0.1, 0.15) is 36.3 Å². The number of rotatable bonds is 9. The number of hydrogen-bond acceptors (Lipinski definition) is 3.